The Balaban J connectivity index is 2.01. The lowest BCUT2D eigenvalue weighted by Gasteiger charge is -2.04. The Labute approximate surface area is 112 Å². The van der Waals surface area contributed by atoms with Gasteiger partial charge in [0, 0.05) is 6.54 Å². The molecule has 0 aliphatic heterocycles. The van der Waals surface area contributed by atoms with Crippen molar-refractivity contribution in [1.82, 2.24) is 15.0 Å². The summed E-state index contributed by atoms with van der Waals surface area (Å²) in [4.78, 5) is 22.9. The molecule has 5 N–H and O–H groups in total. The molecule has 0 aliphatic carbocycles. The Kier molecular flexibility index (Phi) is 3.88. The van der Waals surface area contributed by atoms with E-state index >= 15 is 0 Å². The lowest BCUT2D eigenvalue weighted by atomic mass is 10.3. The Morgan fingerprint density at radius 3 is 2.89 bits per heavy atom. The van der Waals surface area contributed by atoms with Gasteiger partial charge in [-0.15, -0.1) is 16.4 Å². The van der Waals surface area contributed by atoms with E-state index in [9.17, 15) is 9.59 Å². The van der Waals surface area contributed by atoms with Gasteiger partial charge >= 0.3 is 0 Å². The van der Waals surface area contributed by atoms with Crippen molar-refractivity contribution in [1.29, 1.82) is 0 Å². The highest BCUT2D eigenvalue weighted by atomic mass is 32.1. The maximum absolute atomic E-state index is 11.8. The van der Waals surface area contributed by atoms with Crippen molar-refractivity contribution in [2.24, 2.45) is 11.5 Å². The molecule has 0 unspecified atom stereocenters. The molecule has 2 rings (SSSR count). The first-order chi connectivity index (χ1) is 9.10. The van der Waals surface area contributed by atoms with E-state index in [4.69, 9.17) is 11.5 Å². The van der Waals surface area contributed by atoms with E-state index in [1.165, 1.54) is 16.0 Å². The summed E-state index contributed by atoms with van der Waals surface area (Å²) >= 11 is 1.23. The fraction of sp³-hybridized carbons (Fsp3) is 0.200. The summed E-state index contributed by atoms with van der Waals surface area (Å²) in [6.45, 7) is 0.251. The van der Waals surface area contributed by atoms with Gasteiger partial charge in [0.1, 0.15) is 11.5 Å². The second kappa shape index (κ2) is 5.59. The molecule has 0 aromatic carbocycles. The molecule has 19 heavy (non-hydrogen) atoms. The van der Waals surface area contributed by atoms with E-state index in [2.05, 4.69) is 15.6 Å². The average Bonchev–Trinajstić information content (AvgIpc) is 2.97. The molecule has 0 bridgehead atoms. The van der Waals surface area contributed by atoms with Gasteiger partial charge in [-0.3, -0.25) is 9.59 Å². The first-order valence-corrected chi connectivity index (χ1v) is 6.24. The molecule has 0 atom stereocenters. The van der Waals surface area contributed by atoms with Crippen LogP contribution in [-0.4, -0.2) is 26.8 Å². The minimum atomic E-state index is -0.581. The van der Waals surface area contributed by atoms with Crippen LogP contribution in [0.3, 0.4) is 0 Å². The molecule has 2 amide bonds. The Hall–Kier alpha value is -2.26. The zero-order valence-electron chi connectivity index (χ0n) is 9.87. The van der Waals surface area contributed by atoms with Crippen LogP contribution in [0.1, 0.15) is 16.1 Å². The van der Waals surface area contributed by atoms with Crippen LogP contribution in [-0.2, 0) is 17.9 Å². The number of primary amides is 1. The third-order valence-electron chi connectivity index (χ3n) is 2.28. The van der Waals surface area contributed by atoms with Crippen LogP contribution in [0.5, 0.6) is 0 Å². The van der Waals surface area contributed by atoms with Gasteiger partial charge in [0.25, 0.3) is 5.91 Å². The standard InChI is InChI=1S/C10H12N6O2S/c11-3-6-4-16(15-14-6)5-8(17)13-10-7(9(12)18)1-2-19-10/h1-2,4H,3,5,11H2,(H2,12,18)(H,13,17). The van der Waals surface area contributed by atoms with Crippen LogP contribution >= 0.6 is 11.3 Å². The second-order valence-electron chi connectivity index (χ2n) is 3.69. The zero-order chi connectivity index (χ0) is 13.8. The number of carbonyl (C=O) groups is 2. The molecule has 0 radical (unpaired) electrons. The fourth-order valence-electron chi connectivity index (χ4n) is 1.42. The van der Waals surface area contributed by atoms with Crippen molar-refractivity contribution >= 4 is 28.2 Å². The molecule has 0 fully saturated rings. The third kappa shape index (κ3) is 3.14. The summed E-state index contributed by atoms with van der Waals surface area (Å²) in [6.07, 6.45) is 1.59. The van der Waals surface area contributed by atoms with Gasteiger partial charge in [-0.05, 0) is 11.4 Å². The molecule has 2 aromatic heterocycles. The first kappa shape index (κ1) is 13.2. The number of rotatable bonds is 5. The Morgan fingerprint density at radius 1 is 1.47 bits per heavy atom. The number of nitrogens with one attached hydrogen (secondary N) is 1. The van der Waals surface area contributed by atoms with Crippen molar-refractivity contribution in [3.8, 4) is 0 Å². The molecule has 0 aliphatic rings. The van der Waals surface area contributed by atoms with Crippen molar-refractivity contribution in [2.45, 2.75) is 13.1 Å². The summed E-state index contributed by atoms with van der Waals surface area (Å²) in [5, 5.41) is 12.2. The topological polar surface area (TPSA) is 129 Å². The quantitative estimate of drug-likeness (QED) is 0.682. The summed E-state index contributed by atoms with van der Waals surface area (Å²) in [7, 11) is 0. The van der Waals surface area contributed by atoms with Gasteiger partial charge in [-0.1, -0.05) is 5.21 Å². The van der Waals surface area contributed by atoms with E-state index in [1.54, 1.807) is 17.6 Å². The number of nitrogens with zero attached hydrogens (tertiary/aromatic N) is 3. The van der Waals surface area contributed by atoms with E-state index in [0.717, 1.165) is 0 Å². The number of nitrogens with two attached hydrogens (primary N) is 2. The summed E-state index contributed by atoms with van der Waals surface area (Å²) in [5.74, 6) is -0.902. The molecule has 8 nitrogen and oxygen atoms in total. The van der Waals surface area contributed by atoms with Crippen LogP contribution in [0, 0.1) is 0 Å². The van der Waals surface area contributed by atoms with Crippen molar-refractivity contribution in [2.75, 3.05) is 5.32 Å². The molecular weight excluding hydrogens is 268 g/mol. The molecule has 0 saturated carbocycles. The van der Waals surface area contributed by atoms with Gasteiger partial charge in [0.05, 0.1) is 17.5 Å². The SMILES string of the molecule is NCc1cn(CC(=O)Nc2sccc2C(N)=O)nn1. The third-order valence-corrected chi connectivity index (χ3v) is 3.11. The molecule has 0 spiro atoms. The summed E-state index contributed by atoms with van der Waals surface area (Å²) < 4.78 is 1.37. The molecule has 0 saturated heterocycles. The van der Waals surface area contributed by atoms with E-state index in [1.807, 2.05) is 0 Å². The monoisotopic (exact) mass is 280 g/mol. The van der Waals surface area contributed by atoms with Crippen molar-refractivity contribution < 1.29 is 9.59 Å². The summed E-state index contributed by atoms with van der Waals surface area (Å²) in [6, 6.07) is 1.56. The largest absolute Gasteiger partial charge is 0.366 e. The van der Waals surface area contributed by atoms with Gasteiger partial charge in [-0.2, -0.15) is 0 Å². The zero-order valence-corrected chi connectivity index (χ0v) is 10.7. The maximum atomic E-state index is 11.8. The number of carbonyl (C=O) groups excluding carboxylic acids is 2. The van der Waals surface area contributed by atoms with Crippen LogP contribution < -0.4 is 16.8 Å². The van der Waals surface area contributed by atoms with Crippen LogP contribution in [0.2, 0.25) is 0 Å². The van der Waals surface area contributed by atoms with Crippen LogP contribution in [0.25, 0.3) is 0 Å². The van der Waals surface area contributed by atoms with Gasteiger partial charge in [0.2, 0.25) is 5.91 Å². The minimum absolute atomic E-state index is 0.0108. The van der Waals surface area contributed by atoms with Crippen molar-refractivity contribution in [3.05, 3.63) is 28.9 Å². The highest BCUT2D eigenvalue weighted by Gasteiger charge is 2.13. The lowest BCUT2D eigenvalue weighted by Crippen LogP contribution is -2.21. The molecule has 100 valence electrons. The number of thiophene rings is 1. The first-order valence-electron chi connectivity index (χ1n) is 5.36. The molecular formula is C10H12N6O2S. The summed E-state index contributed by atoms with van der Waals surface area (Å²) in [5.41, 5.74) is 11.5. The second-order valence-corrected chi connectivity index (χ2v) is 4.60. The average molecular weight is 280 g/mol. The Morgan fingerprint density at radius 2 is 2.26 bits per heavy atom. The number of amides is 2. The van der Waals surface area contributed by atoms with Gasteiger partial charge in [-0.25, -0.2) is 4.68 Å². The molecule has 9 heteroatoms. The number of hydrogen-bond acceptors (Lipinski definition) is 6. The molecule has 2 aromatic rings. The predicted molar refractivity (Wildman–Crippen MR) is 69.4 cm³/mol. The number of hydrogen-bond donors (Lipinski definition) is 3. The number of aromatic nitrogens is 3. The van der Waals surface area contributed by atoms with Crippen LogP contribution in [0.4, 0.5) is 5.00 Å². The highest BCUT2D eigenvalue weighted by Crippen LogP contribution is 2.22. The van der Waals surface area contributed by atoms with E-state index in [0.29, 0.717) is 16.3 Å². The predicted octanol–water partition coefficient (Wildman–Crippen LogP) is -0.464. The minimum Gasteiger partial charge on any atom is -0.366 e. The van der Waals surface area contributed by atoms with E-state index < -0.39 is 5.91 Å². The lowest BCUT2D eigenvalue weighted by molar-refractivity contribution is -0.116. The number of anilines is 1. The fourth-order valence-corrected chi connectivity index (χ4v) is 2.23. The molecule has 2 heterocycles. The van der Waals surface area contributed by atoms with E-state index in [-0.39, 0.29) is 19.0 Å². The normalized spacial score (nSPS) is 10.4. The van der Waals surface area contributed by atoms with Crippen LogP contribution in [0.15, 0.2) is 17.6 Å². The van der Waals surface area contributed by atoms with Gasteiger partial charge in [0.15, 0.2) is 0 Å². The Bertz CT molecular complexity index is 605. The highest BCUT2D eigenvalue weighted by molar-refractivity contribution is 7.14. The smallest absolute Gasteiger partial charge is 0.251 e. The van der Waals surface area contributed by atoms with Crippen molar-refractivity contribution in [3.63, 3.8) is 0 Å². The van der Waals surface area contributed by atoms with Gasteiger partial charge < -0.3 is 16.8 Å². The maximum Gasteiger partial charge on any atom is 0.251 e.